The summed E-state index contributed by atoms with van der Waals surface area (Å²) in [6.45, 7) is 2.00. The molecule has 27 heavy (non-hydrogen) atoms. The molecule has 0 unspecified atom stereocenters. The number of anilines is 1. The summed E-state index contributed by atoms with van der Waals surface area (Å²) < 4.78 is 10.3. The molecule has 0 atom stereocenters. The van der Waals surface area contributed by atoms with Crippen molar-refractivity contribution in [3.8, 4) is 17.0 Å². The van der Waals surface area contributed by atoms with Crippen LogP contribution in [0.5, 0.6) is 5.75 Å². The van der Waals surface area contributed by atoms with Crippen LogP contribution in [0.15, 0.2) is 54.6 Å². The fourth-order valence-corrected chi connectivity index (χ4v) is 3.31. The van der Waals surface area contributed by atoms with E-state index in [0.717, 1.165) is 16.9 Å². The van der Waals surface area contributed by atoms with Crippen molar-refractivity contribution in [1.29, 1.82) is 0 Å². The number of hydrogen-bond donors (Lipinski definition) is 1. The van der Waals surface area contributed by atoms with Gasteiger partial charge < -0.3 is 9.47 Å². The van der Waals surface area contributed by atoms with Crippen molar-refractivity contribution in [2.75, 3.05) is 19.0 Å². The fraction of sp³-hybridized carbons (Fsp3) is 0.150. The van der Waals surface area contributed by atoms with Crippen molar-refractivity contribution in [3.05, 3.63) is 65.0 Å². The first-order valence-corrected chi connectivity index (χ1v) is 9.12. The number of thiazole rings is 1. The topological polar surface area (TPSA) is 77.5 Å². The lowest BCUT2D eigenvalue weighted by molar-refractivity contribution is 0.0532. The number of carbonyl (C=O) groups is 2. The second-order valence-electron chi connectivity index (χ2n) is 5.47. The second-order valence-corrected chi connectivity index (χ2v) is 6.47. The summed E-state index contributed by atoms with van der Waals surface area (Å²) in [6.07, 6.45) is 0. The number of nitrogens with one attached hydrogen (secondary N) is 1. The average molecular weight is 382 g/mol. The van der Waals surface area contributed by atoms with Gasteiger partial charge in [0.2, 0.25) is 0 Å². The van der Waals surface area contributed by atoms with Crippen LogP contribution in [0.3, 0.4) is 0 Å². The number of benzene rings is 2. The smallest absolute Gasteiger partial charge is 0.350 e. The predicted octanol–water partition coefficient (Wildman–Crippen LogP) is 4.25. The number of carbonyl (C=O) groups excluding carboxylic acids is 2. The number of hydrogen-bond acceptors (Lipinski definition) is 6. The van der Waals surface area contributed by atoms with Crippen LogP contribution in [0.2, 0.25) is 0 Å². The molecule has 0 spiro atoms. The van der Waals surface area contributed by atoms with Crippen molar-refractivity contribution < 1.29 is 19.1 Å². The number of ether oxygens (including phenoxy) is 2. The lowest BCUT2D eigenvalue weighted by Gasteiger charge is -2.04. The maximum absolute atomic E-state index is 12.5. The normalized spacial score (nSPS) is 10.3. The zero-order valence-corrected chi connectivity index (χ0v) is 15.7. The predicted molar refractivity (Wildman–Crippen MR) is 104 cm³/mol. The first-order chi connectivity index (χ1) is 13.1. The Kier molecular flexibility index (Phi) is 5.83. The molecule has 0 radical (unpaired) electrons. The third-order valence-electron chi connectivity index (χ3n) is 3.69. The molecule has 0 fully saturated rings. The van der Waals surface area contributed by atoms with Crippen LogP contribution in [0.1, 0.15) is 27.0 Å². The van der Waals surface area contributed by atoms with E-state index in [4.69, 9.17) is 9.47 Å². The molecule has 3 aromatic rings. The van der Waals surface area contributed by atoms with Gasteiger partial charge in [0.1, 0.15) is 10.6 Å². The second kappa shape index (κ2) is 8.46. The monoisotopic (exact) mass is 382 g/mol. The molecule has 0 aliphatic rings. The number of aromatic nitrogens is 1. The summed E-state index contributed by atoms with van der Waals surface area (Å²) in [5, 5.41) is 3.07. The highest BCUT2D eigenvalue weighted by Gasteiger charge is 2.21. The molecule has 7 heteroatoms. The highest BCUT2D eigenvalue weighted by atomic mass is 32.1. The van der Waals surface area contributed by atoms with Crippen LogP contribution in [-0.2, 0) is 4.74 Å². The number of rotatable bonds is 6. The van der Waals surface area contributed by atoms with Gasteiger partial charge in [0, 0.05) is 11.1 Å². The summed E-state index contributed by atoms with van der Waals surface area (Å²) >= 11 is 1.09. The first kappa shape index (κ1) is 18.6. The molecule has 1 aromatic heterocycles. The highest BCUT2D eigenvalue weighted by Crippen LogP contribution is 2.32. The Bertz CT molecular complexity index is 954. The highest BCUT2D eigenvalue weighted by molar-refractivity contribution is 7.18. The molecule has 0 bridgehead atoms. The van der Waals surface area contributed by atoms with Gasteiger partial charge in [0.05, 0.1) is 19.4 Å². The summed E-state index contributed by atoms with van der Waals surface area (Å²) in [4.78, 5) is 29.6. The summed E-state index contributed by atoms with van der Waals surface area (Å²) in [5.74, 6) is -0.215. The van der Waals surface area contributed by atoms with Crippen molar-refractivity contribution in [1.82, 2.24) is 4.98 Å². The quantitative estimate of drug-likeness (QED) is 0.645. The number of nitrogens with zero attached hydrogens (tertiary/aromatic N) is 1. The largest absolute Gasteiger partial charge is 0.497 e. The van der Waals surface area contributed by atoms with Gasteiger partial charge in [0.25, 0.3) is 5.91 Å². The molecule has 1 heterocycles. The average Bonchev–Trinajstić information content (AvgIpc) is 3.13. The molecule has 1 amide bonds. The maximum Gasteiger partial charge on any atom is 0.350 e. The van der Waals surface area contributed by atoms with E-state index < -0.39 is 5.97 Å². The van der Waals surface area contributed by atoms with E-state index in [9.17, 15) is 9.59 Å². The molecule has 0 saturated carbocycles. The van der Waals surface area contributed by atoms with Crippen LogP contribution in [0.25, 0.3) is 11.3 Å². The molecule has 6 nitrogen and oxygen atoms in total. The molecule has 0 saturated heterocycles. The Morgan fingerprint density at radius 2 is 1.89 bits per heavy atom. The Morgan fingerprint density at radius 3 is 2.59 bits per heavy atom. The van der Waals surface area contributed by atoms with Gasteiger partial charge in [0.15, 0.2) is 5.13 Å². The minimum absolute atomic E-state index is 0.260. The fourth-order valence-electron chi connectivity index (χ4n) is 2.43. The van der Waals surface area contributed by atoms with E-state index in [1.54, 1.807) is 31.2 Å². The number of esters is 1. The van der Waals surface area contributed by atoms with Gasteiger partial charge in [-0.25, -0.2) is 9.78 Å². The van der Waals surface area contributed by atoms with Crippen molar-refractivity contribution >= 4 is 28.3 Å². The molecule has 0 aliphatic carbocycles. The standard InChI is InChI=1S/C20H18N2O4S/c1-3-26-19(24)17-16(13-8-5-4-6-9-13)21-20(27-17)22-18(23)14-10-7-11-15(12-14)25-2/h4-12H,3H2,1-2H3,(H,21,22,23). The van der Waals surface area contributed by atoms with E-state index in [0.29, 0.717) is 27.0 Å². The molecule has 1 N–H and O–H groups in total. The third-order valence-corrected chi connectivity index (χ3v) is 4.64. The summed E-state index contributed by atoms with van der Waals surface area (Å²) in [7, 11) is 1.54. The number of methoxy groups -OCH3 is 1. The molecule has 2 aromatic carbocycles. The zero-order valence-electron chi connectivity index (χ0n) is 14.9. The molecular weight excluding hydrogens is 364 g/mol. The van der Waals surface area contributed by atoms with Crippen LogP contribution >= 0.6 is 11.3 Å². The maximum atomic E-state index is 12.5. The van der Waals surface area contributed by atoms with Crippen molar-refractivity contribution in [2.24, 2.45) is 0 Å². The van der Waals surface area contributed by atoms with Crippen LogP contribution in [0.4, 0.5) is 5.13 Å². The van der Waals surface area contributed by atoms with Gasteiger partial charge in [-0.2, -0.15) is 0 Å². The van der Waals surface area contributed by atoms with Crippen molar-refractivity contribution in [2.45, 2.75) is 6.92 Å². The van der Waals surface area contributed by atoms with Crippen LogP contribution in [0, 0.1) is 0 Å². The van der Waals surface area contributed by atoms with Crippen LogP contribution < -0.4 is 10.1 Å². The van der Waals surface area contributed by atoms with E-state index in [2.05, 4.69) is 10.3 Å². The lowest BCUT2D eigenvalue weighted by atomic mass is 10.1. The zero-order chi connectivity index (χ0) is 19.2. The van der Waals surface area contributed by atoms with Gasteiger partial charge in [-0.3, -0.25) is 10.1 Å². The van der Waals surface area contributed by atoms with Gasteiger partial charge in [-0.1, -0.05) is 47.7 Å². The summed E-state index contributed by atoms with van der Waals surface area (Å²) in [6, 6.07) is 16.1. The first-order valence-electron chi connectivity index (χ1n) is 8.31. The van der Waals surface area contributed by atoms with Gasteiger partial charge in [-0.15, -0.1) is 0 Å². The minimum atomic E-state index is -0.462. The lowest BCUT2D eigenvalue weighted by Crippen LogP contribution is -2.11. The van der Waals surface area contributed by atoms with E-state index in [-0.39, 0.29) is 12.5 Å². The molecular formula is C20H18N2O4S. The SMILES string of the molecule is CCOC(=O)c1sc(NC(=O)c2cccc(OC)c2)nc1-c1ccccc1. The van der Waals surface area contributed by atoms with Crippen molar-refractivity contribution in [3.63, 3.8) is 0 Å². The molecule has 0 aliphatic heterocycles. The molecule has 3 rings (SSSR count). The van der Waals surface area contributed by atoms with Crippen LogP contribution in [-0.4, -0.2) is 30.6 Å². The summed E-state index contributed by atoms with van der Waals surface area (Å²) in [5.41, 5.74) is 1.70. The van der Waals surface area contributed by atoms with E-state index in [1.165, 1.54) is 7.11 Å². The minimum Gasteiger partial charge on any atom is -0.497 e. The van der Waals surface area contributed by atoms with Gasteiger partial charge in [-0.05, 0) is 25.1 Å². The third kappa shape index (κ3) is 4.32. The Hall–Kier alpha value is -3.19. The Balaban J connectivity index is 1.91. The van der Waals surface area contributed by atoms with Gasteiger partial charge >= 0.3 is 5.97 Å². The Labute approximate surface area is 160 Å². The molecule has 138 valence electrons. The van der Waals surface area contributed by atoms with E-state index >= 15 is 0 Å². The number of amides is 1. The van der Waals surface area contributed by atoms with E-state index in [1.807, 2.05) is 30.3 Å². The Morgan fingerprint density at radius 1 is 1.11 bits per heavy atom.